The van der Waals surface area contributed by atoms with Crippen LogP contribution in [0.25, 0.3) is 27.2 Å². The van der Waals surface area contributed by atoms with E-state index in [1.165, 1.54) is 16.0 Å². The molecule has 0 fully saturated rings. The number of ether oxygens (including phenoxy) is 1. The quantitative estimate of drug-likeness (QED) is 0.390. The Kier molecular flexibility index (Phi) is 4.85. The Bertz CT molecular complexity index is 1430. The van der Waals surface area contributed by atoms with Gasteiger partial charge in [-0.25, -0.2) is 4.79 Å². The van der Waals surface area contributed by atoms with Crippen molar-refractivity contribution in [2.45, 2.75) is 6.61 Å². The van der Waals surface area contributed by atoms with Crippen LogP contribution in [0.1, 0.15) is 16.4 Å². The minimum atomic E-state index is -0.697. The number of nitrogens with zero attached hydrogens (tertiary/aromatic N) is 4. The molecule has 5 aromatic rings. The van der Waals surface area contributed by atoms with Crippen molar-refractivity contribution >= 4 is 28.1 Å². The molecule has 0 saturated heterocycles. The predicted molar refractivity (Wildman–Crippen MR) is 114 cm³/mol. The molecule has 31 heavy (non-hydrogen) atoms. The predicted octanol–water partition coefficient (Wildman–Crippen LogP) is 3.85. The molecule has 0 N–H and O–H groups in total. The van der Waals surface area contributed by atoms with Gasteiger partial charge >= 0.3 is 5.97 Å². The van der Waals surface area contributed by atoms with Gasteiger partial charge in [-0.15, -0.1) is 21.5 Å². The number of carbonyl (C=O) groups is 1. The molecule has 9 heteroatoms. The Morgan fingerprint density at radius 1 is 0.968 bits per heavy atom. The Hall–Kier alpha value is -4.11. The molecule has 0 spiro atoms. The molecular weight excluding hydrogens is 416 g/mol. The van der Waals surface area contributed by atoms with E-state index in [2.05, 4.69) is 15.3 Å². The molecule has 3 aromatic heterocycles. The Morgan fingerprint density at radius 3 is 2.52 bits per heavy atom. The van der Waals surface area contributed by atoms with E-state index in [-0.39, 0.29) is 23.8 Å². The first kappa shape index (κ1) is 18.9. The van der Waals surface area contributed by atoms with Gasteiger partial charge in [0, 0.05) is 5.39 Å². The fourth-order valence-electron chi connectivity index (χ4n) is 3.09. The lowest BCUT2D eigenvalue weighted by Crippen LogP contribution is -2.25. The highest BCUT2D eigenvalue weighted by molar-refractivity contribution is 7.13. The summed E-state index contributed by atoms with van der Waals surface area (Å²) in [6.07, 6.45) is 0. The van der Waals surface area contributed by atoms with Gasteiger partial charge in [0.15, 0.2) is 12.3 Å². The third kappa shape index (κ3) is 3.62. The lowest BCUT2D eigenvalue weighted by atomic mass is 10.1. The van der Waals surface area contributed by atoms with Crippen LogP contribution >= 0.6 is 11.3 Å². The summed E-state index contributed by atoms with van der Waals surface area (Å²) in [6, 6.07) is 19.4. The standard InChI is InChI=1S/C22H14N4O4S/c27-21-16-10-5-4-9-15(16)19(25-26(21)14-7-2-1-3-8-14)22(28)29-13-18-23-24-20(30-18)17-11-6-12-31-17/h1-12H,13H2. The van der Waals surface area contributed by atoms with Crippen molar-refractivity contribution in [3.8, 4) is 16.5 Å². The molecule has 0 radical (unpaired) electrons. The van der Waals surface area contributed by atoms with Crippen LogP contribution < -0.4 is 5.56 Å². The second-order valence-corrected chi connectivity index (χ2v) is 7.45. The van der Waals surface area contributed by atoms with Crippen molar-refractivity contribution in [2.75, 3.05) is 0 Å². The molecule has 0 aliphatic carbocycles. The topological polar surface area (TPSA) is 100 Å². The first-order valence-corrected chi connectivity index (χ1v) is 10.2. The third-order valence-electron chi connectivity index (χ3n) is 4.52. The molecule has 0 atom stereocenters. The molecule has 0 bridgehead atoms. The normalized spacial score (nSPS) is 11.0. The average molecular weight is 430 g/mol. The first-order chi connectivity index (χ1) is 15.2. The molecule has 3 heterocycles. The van der Waals surface area contributed by atoms with Crippen LogP contribution in [-0.2, 0) is 11.3 Å². The summed E-state index contributed by atoms with van der Waals surface area (Å²) in [6.45, 7) is -0.211. The first-order valence-electron chi connectivity index (χ1n) is 9.31. The molecule has 0 aliphatic rings. The summed E-state index contributed by atoms with van der Waals surface area (Å²) in [5.41, 5.74) is 0.248. The van der Waals surface area contributed by atoms with Crippen molar-refractivity contribution in [3.05, 3.63) is 94.0 Å². The largest absolute Gasteiger partial charge is 0.451 e. The number of para-hydroxylation sites is 1. The lowest BCUT2D eigenvalue weighted by molar-refractivity contribution is 0.0432. The molecular formula is C22H14N4O4S. The van der Waals surface area contributed by atoms with Crippen molar-refractivity contribution in [2.24, 2.45) is 0 Å². The van der Waals surface area contributed by atoms with Gasteiger partial charge in [-0.3, -0.25) is 4.79 Å². The van der Waals surface area contributed by atoms with E-state index >= 15 is 0 Å². The van der Waals surface area contributed by atoms with Gasteiger partial charge in [-0.2, -0.15) is 9.78 Å². The Morgan fingerprint density at radius 2 is 1.74 bits per heavy atom. The lowest BCUT2D eigenvalue weighted by Gasteiger charge is -2.10. The number of aromatic nitrogens is 4. The van der Waals surface area contributed by atoms with Gasteiger partial charge in [0.05, 0.1) is 16.0 Å². The molecule has 0 saturated carbocycles. The van der Waals surface area contributed by atoms with Crippen molar-refractivity contribution in [1.29, 1.82) is 0 Å². The average Bonchev–Trinajstić information content (AvgIpc) is 3.51. The molecule has 8 nitrogen and oxygen atoms in total. The van der Waals surface area contributed by atoms with Crippen LogP contribution in [0.4, 0.5) is 0 Å². The number of fused-ring (bicyclic) bond motifs is 1. The summed E-state index contributed by atoms with van der Waals surface area (Å²) in [7, 11) is 0. The van der Waals surface area contributed by atoms with E-state index in [4.69, 9.17) is 9.15 Å². The van der Waals surface area contributed by atoms with Gasteiger partial charge in [0.25, 0.3) is 17.3 Å². The SMILES string of the molecule is O=C(OCc1nnc(-c2cccs2)o1)c1nn(-c2ccccc2)c(=O)c2ccccc12. The van der Waals surface area contributed by atoms with E-state index < -0.39 is 5.97 Å². The minimum Gasteiger partial charge on any atom is -0.451 e. The van der Waals surface area contributed by atoms with Crippen LogP contribution in [0.2, 0.25) is 0 Å². The van der Waals surface area contributed by atoms with E-state index in [0.29, 0.717) is 22.4 Å². The Labute approximate surface area is 179 Å². The minimum absolute atomic E-state index is 0.0250. The van der Waals surface area contributed by atoms with E-state index in [9.17, 15) is 9.59 Å². The second kappa shape index (κ2) is 7.96. The third-order valence-corrected chi connectivity index (χ3v) is 5.38. The fraction of sp³-hybridized carbons (Fsp3) is 0.0455. The van der Waals surface area contributed by atoms with Crippen LogP contribution in [0.5, 0.6) is 0 Å². The summed E-state index contributed by atoms with van der Waals surface area (Å²) in [5, 5.41) is 14.9. The highest BCUT2D eigenvalue weighted by Gasteiger charge is 2.20. The van der Waals surface area contributed by atoms with E-state index in [0.717, 1.165) is 4.88 Å². The van der Waals surface area contributed by atoms with E-state index in [1.54, 1.807) is 48.5 Å². The van der Waals surface area contributed by atoms with Gasteiger partial charge in [0.2, 0.25) is 0 Å². The van der Waals surface area contributed by atoms with Crippen LogP contribution in [0.15, 0.2) is 81.3 Å². The summed E-state index contributed by atoms with van der Waals surface area (Å²) >= 11 is 1.47. The molecule has 2 aromatic carbocycles. The highest BCUT2D eigenvalue weighted by Crippen LogP contribution is 2.23. The second-order valence-electron chi connectivity index (χ2n) is 6.50. The molecule has 0 amide bonds. The number of hydrogen-bond donors (Lipinski definition) is 0. The maximum absolute atomic E-state index is 12.9. The number of carbonyl (C=O) groups excluding carboxylic acids is 1. The van der Waals surface area contributed by atoms with Gasteiger partial charge in [0.1, 0.15) is 0 Å². The van der Waals surface area contributed by atoms with Gasteiger partial charge in [-0.05, 0) is 29.6 Å². The number of benzene rings is 2. The van der Waals surface area contributed by atoms with Gasteiger partial charge in [-0.1, -0.05) is 42.5 Å². The maximum Gasteiger partial charge on any atom is 0.359 e. The smallest absolute Gasteiger partial charge is 0.359 e. The number of esters is 1. The molecule has 152 valence electrons. The zero-order valence-corrected chi connectivity index (χ0v) is 16.8. The fourth-order valence-corrected chi connectivity index (χ4v) is 3.74. The maximum atomic E-state index is 12.9. The van der Waals surface area contributed by atoms with Crippen molar-refractivity contribution < 1.29 is 13.9 Å². The number of rotatable bonds is 5. The highest BCUT2D eigenvalue weighted by atomic mass is 32.1. The van der Waals surface area contributed by atoms with Crippen molar-refractivity contribution in [3.63, 3.8) is 0 Å². The summed E-state index contributed by atoms with van der Waals surface area (Å²) in [5.74, 6) is -0.170. The molecule has 0 aliphatic heterocycles. The van der Waals surface area contributed by atoms with Gasteiger partial charge < -0.3 is 9.15 Å². The van der Waals surface area contributed by atoms with Crippen molar-refractivity contribution in [1.82, 2.24) is 20.0 Å². The number of thiophene rings is 1. The summed E-state index contributed by atoms with van der Waals surface area (Å²) < 4.78 is 12.1. The molecule has 0 unspecified atom stereocenters. The Balaban J connectivity index is 1.47. The zero-order chi connectivity index (χ0) is 21.2. The van der Waals surface area contributed by atoms with E-state index in [1.807, 2.05) is 23.6 Å². The monoisotopic (exact) mass is 430 g/mol. The number of hydrogen-bond acceptors (Lipinski definition) is 8. The summed E-state index contributed by atoms with van der Waals surface area (Å²) in [4.78, 5) is 26.6. The zero-order valence-electron chi connectivity index (χ0n) is 16.0. The van der Waals surface area contributed by atoms with Crippen LogP contribution in [0.3, 0.4) is 0 Å². The van der Waals surface area contributed by atoms with Crippen LogP contribution in [-0.4, -0.2) is 25.9 Å². The van der Waals surface area contributed by atoms with Crippen LogP contribution in [0, 0.1) is 0 Å². The molecule has 5 rings (SSSR count).